The largest absolute Gasteiger partial charge is 0.619 e. The molecule has 0 amide bonds. The predicted octanol–water partition coefficient (Wildman–Crippen LogP) is 5.43. The maximum atomic E-state index is 13.4. The van der Waals surface area contributed by atoms with E-state index in [2.05, 4.69) is 30.8 Å². The van der Waals surface area contributed by atoms with Crippen molar-refractivity contribution < 1.29 is 14.3 Å². The summed E-state index contributed by atoms with van der Waals surface area (Å²) in [6, 6.07) is 13.2. The Morgan fingerprint density at radius 1 is 1.15 bits per heavy atom. The molecule has 5 aromatic heterocycles. The molecular formula is C30H32N6O3S. The van der Waals surface area contributed by atoms with Crippen molar-refractivity contribution >= 4 is 22.8 Å². The Morgan fingerprint density at radius 3 is 2.75 bits per heavy atom. The van der Waals surface area contributed by atoms with Gasteiger partial charge in [-0.15, -0.1) is 11.3 Å². The van der Waals surface area contributed by atoms with Gasteiger partial charge in [0.25, 0.3) is 0 Å². The fourth-order valence-electron chi connectivity index (χ4n) is 4.75. The van der Waals surface area contributed by atoms with Gasteiger partial charge in [-0.05, 0) is 56.1 Å². The topological polar surface area (TPSA) is 99.6 Å². The van der Waals surface area contributed by atoms with Crippen molar-refractivity contribution in [3.05, 3.63) is 89.0 Å². The number of aromatic nitrogens is 5. The van der Waals surface area contributed by atoms with Crippen molar-refractivity contribution in [1.29, 1.82) is 0 Å². The second-order valence-corrected chi connectivity index (χ2v) is 10.5. The summed E-state index contributed by atoms with van der Waals surface area (Å²) in [5.74, 6) is 0.320. The molecule has 0 aliphatic carbocycles. The lowest BCUT2D eigenvalue weighted by atomic mass is 10.0. The molecule has 9 nitrogen and oxygen atoms in total. The molecule has 5 aromatic rings. The average Bonchev–Trinajstić information content (AvgIpc) is 3.66. The monoisotopic (exact) mass is 556 g/mol. The SMILES string of the molecule is CCN(CC)[C@@H](C)CCC(=O)c1cc(OCc2ccc[n+]([O-])c2)nc(-c2cnn3ccc(-c4cccs4)nc23)c1. The van der Waals surface area contributed by atoms with Gasteiger partial charge in [-0.2, -0.15) is 9.83 Å². The third-order valence-electron chi connectivity index (χ3n) is 6.99. The van der Waals surface area contributed by atoms with Gasteiger partial charge in [0.15, 0.2) is 23.8 Å². The van der Waals surface area contributed by atoms with Crippen molar-refractivity contribution in [2.45, 2.75) is 46.3 Å². The first-order valence-corrected chi connectivity index (χ1v) is 14.3. The lowest BCUT2D eigenvalue weighted by molar-refractivity contribution is -0.606. The Morgan fingerprint density at radius 2 is 2.00 bits per heavy atom. The minimum atomic E-state index is 0.0216. The molecule has 0 bridgehead atoms. The first kappa shape index (κ1) is 27.4. The minimum Gasteiger partial charge on any atom is -0.619 e. The number of rotatable bonds is 12. The van der Waals surface area contributed by atoms with Crippen LogP contribution in [0.15, 0.2) is 72.6 Å². The number of pyridine rings is 2. The zero-order chi connectivity index (χ0) is 28.1. The summed E-state index contributed by atoms with van der Waals surface area (Å²) in [4.78, 5) is 26.4. The average molecular weight is 557 g/mol. The number of ketones is 1. The Labute approximate surface area is 237 Å². The molecule has 5 rings (SSSR count). The highest BCUT2D eigenvalue weighted by molar-refractivity contribution is 7.13. The van der Waals surface area contributed by atoms with Crippen LogP contribution in [0.1, 0.15) is 49.5 Å². The highest BCUT2D eigenvalue weighted by Crippen LogP contribution is 2.29. The van der Waals surface area contributed by atoms with E-state index >= 15 is 0 Å². The zero-order valence-corrected chi connectivity index (χ0v) is 23.7. The molecule has 0 N–H and O–H groups in total. The molecule has 0 spiro atoms. The summed E-state index contributed by atoms with van der Waals surface area (Å²) in [7, 11) is 0. The molecule has 0 aliphatic heterocycles. The van der Waals surface area contributed by atoms with Gasteiger partial charge < -0.3 is 14.8 Å². The molecule has 1 atom stereocenters. The zero-order valence-electron chi connectivity index (χ0n) is 22.9. The fourth-order valence-corrected chi connectivity index (χ4v) is 5.44. The van der Waals surface area contributed by atoms with Crippen molar-refractivity contribution in [1.82, 2.24) is 24.5 Å². The molecular weight excluding hydrogens is 524 g/mol. The molecule has 0 unspecified atom stereocenters. The lowest BCUT2D eigenvalue weighted by Crippen LogP contribution is -2.33. The van der Waals surface area contributed by atoms with Gasteiger partial charge in [0, 0.05) is 36.4 Å². The Balaban J connectivity index is 1.48. The van der Waals surface area contributed by atoms with Crippen LogP contribution in [0.2, 0.25) is 0 Å². The van der Waals surface area contributed by atoms with Gasteiger partial charge in [-0.3, -0.25) is 4.79 Å². The third-order valence-corrected chi connectivity index (χ3v) is 7.88. The van der Waals surface area contributed by atoms with Crippen LogP contribution in [0.4, 0.5) is 0 Å². The van der Waals surface area contributed by atoms with Gasteiger partial charge in [-0.1, -0.05) is 19.9 Å². The van der Waals surface area contributed by atoms with E-state index in [1.807, 2.05) is 29.8 Å². The molecule has 0 radical (unpaired) electrons. The standard InChI is InChI=1S/C30H32N6O3S/c1-4-34(5-2)21(3)10-11-27(37)23-16-26(32-29(17-23)39-20-22-8-6-13-35(38)19-22)24-18-31-36-14-12-25(33-30(24)36)28-9-7-15-40-28/h6-9,12-19,21H,4-5,10-11,20H2,1-3H3/t21-/m0/s1. The first-order chi connectivity index (χ1) is 19.4. The summed E-state index contributed by atoms with van der Waals surface area (Å²) in [6.07, 6.45) is 7.61. The number of thiophene rings is 1. The van der Waals surface area contributed by atoms with E-state index in [4.69, 9.17) is 14.7 Å². The molecule has 206 valence electrons. The fraction of sp³-hybridized carbons (Fsp3) is 0.300. The summed E-state index contributed by atoms with van der Waals surface area (Å²) in [5, 5.41) is 18.2. The van der Waals surface area contributed by atoms with Crippen LogP contribution in [-0.4, -0.2) is 49.4 Å². The molecule has 5 heterocycles. The van der Waals surface area contributed by atoms with Gasteiger partial charge in [-0.25, -0.2) is 14.5 Å². The van der Waals surface area contributed by atoms with E-state index in [1.54, 1.807) is 46.3 Å². The van der Waals surface area contributed by atoms with Gasteiger partial charge in [0.2, 0.25) is 5.88 Å². The molecule has 0 aromatic carbocycles. The maximum Gasteiger partial charge on any atom is 0.214 e. The smallest absolute Gasteiger partial charge is 0.214 e. The van der Waals surface area contributed by atoms with E-state index in [0.29, 0.717) is 46.4 Å². The number of carbonyl (C=O) groups excluding carboxylic acids is 1. The summed E-state index contributed by atoms with van der Waals surface area (Å²) in [5.41, 5.74) is 3.95. The van der Waals surface area contributed by atoms with Crippen LogP contribution in [0.25, 0.3) is 27.5 Å². The van der Waals surface area contributed by atoms with Crippen LogP contribution in [0.5, 0.6) is 5.88 Å². The summed E-state index contributed by atoms with van der Waals surface area (Å²) < 4.78 is 8.43. The van der Waals surface area contributed by atoms with Crippen molar-refractivity contribution in [3.8, 4) is 27.7 Å². The lowest BCUT2D eigenvalue weighted by Gasteiger charge is -2.26. The number of Topliss-reactive ketones (excluding diaryl/α,β-unsaturated/α-hetero) is 1. The number of nitrogens with zero attached hydrogens (tertiary/aromatic N) is 6. The van der Waals surface area contributed by atoms with Crippen molar-refractivity contribution in [2.75, 3.05) is 13.1 Å². The molecule has 0 saturated carbocycles. The van der Waals surface area contributed by atoms with E-state index in [1.165, 1.54) is 12.4 Å². The highest BCUT2D eigenvalue weighted by atomic mass is 32.1. The second-order valence-electron chi connectivity index (χ2n) is 9.59. The minimum absolute atomic E-state index is 0.0216. The summed E-state index contributed by atoms with van der Waals surface area (Å²) >= 11 is 1.62. The Bertz CT molecular complexity index is 1600. The number of fused-ring (bicyclic) bond motifs is 1. The van der Waals surface area contributed by atoms with Gasteiger partial charge in [0.1, 0.15) is 6.61 Å². The van der Waals surface area contributed by atoms with Gasteiger partial charge in [0.05, 0.1) is 33.6 Å². The van der Waals surface area contributed by atoms with Gasteiger partial charge >= 0.3 is 0 Å². The van der Waals surface area contributed by atoms with Crippen molar-refractivity contribution in [3.63, 3.8) is 0 Å². The van der Waals surface area contributed by atoms with E-state index in [0.717, 1.165) is 34.8 Å². The highest BCUT2D eigenvalue weighted by Gasteiger charge is 2.18. The van der Waals surface area contributed by atoms with Crippen LogP contribution in [0, 0.1) is 5.21 Å². The predicted molar refractivity (Wildman–Crippen MR) is 155 cm³/mol. The van der Waals surface area contributed by atoms with E-state index < -0.39 is 0 Å². The van der Waals surface area contributed by atoms with Crippen molar-refractivity contribution in [2.24, 2.45) is 0 Å². The third kappa shape index (κ3) is 6.19. The van der Waals surface area contributed by atoms with Crippen LogP contribution in [-0.2, 0) is 6.61 Å². The first-order valence-electron chi connectivity index (χ1n) is 13.4. The number of hydrogen-bond acceptors (Lipinski definition) is 8. The Kier molecular flexibility index (Phi) is 8.47. The Hall–Kier alpha value is -4.15. The quantitative estimate of drug-likeness (QED) is 0.115. The number of ether oxygens (including phenoxy) is 1. The second kappa shape index (κ2) is 12.4. The molecule has 0 saturated heterocycles. The number of hydrogen-bond donors (Lipinski definition) is 0. The van der Waals surface area contributed by atoms with E-state index in [9.17, 15) is 10.0 Å². The normalized spacial score (nSPS) is 12.2. The van der Waals surface area contributed by atoms with Crippen LogP contribution < -0.4 is 9.47 Å². The molecule has 0 aliphatic rings. The van der Waals surface area contributed by atoms with Crippen LogP contribution in [0.3, 0.4) is 0 Å². The summed E-state index contributed by atoms with van der Waals surface area (Å²) in [6.45, 7) is 8.46. The molecule has 10 heteroatoms. The van der Waals surface area contributed by atoms with Crippen LogP contribution >= 0.6 is 11.3 Å². The number of carbonyl (C=O) groups is 1. The van der Waals surface area contributed by atoms with E-state index in [-0.39, 0.29) is 12.4 Å². The molecule has 40 heavy (non-hydrogen) atoms. The maximum absolute atomic E-state index is 13.4. The molecule has 0 fully saturated rings.